The van der Waals surface area contributed by atoms with Gasteiger partial charge in [0.15, 0.2) is 0 Å². The lowest BCUT2D eigenvalue weighted by Crippen LogP contribution is -2.09. The van der Waals surface area contributed by atoms with Crippen LogP contribution in [0.4, 0.5) is 0 Å². The summed E-state index contributed by atoms with van der Waals surface area (Å²) in [5.41, 5.74) is 2.50. The molecule has 0 aliphatic carbocycles. The highest BCUT2D eigenvalue weighted by atomic mass is 16.5. The highest BCUT2D eigenvalue weighted by Crippen LogP contribution is 2.48. The molecule has 2 heteroatoms. The number of hydrogen-bond donors (Lipinski definition) is 0. The van der Waals surface area contributed by atoms with Crippen molar-refractivity contribution in [1.29, 1.82) is 0 Å². The summed E-state index contributed by atoms with van der Waals surface area (Å²) >= 11 is 0. The van der Waals surface area contributed by atoms with E-state index >= 15 is 0 Å². The Balaban J connectivity index is 1.84. The third kappa shape index (κ3) is 2.68. The van der Waals surface area contributed by atoms with Gasteiger partial charge >= 0.3 is 0 Å². The Hall–Kier alpha value is -1.80. The molecule has 2 aromatic rings. The molecule has 0 bridgehead atoms. The molecule has 0 aromatic heterocycles. The second kappa shape index (κ2) is 5.90. The van der Waals surface area contributed by atoms with Gasteiger partial charge in [0, 0.05) is 0 Å². The van der Waals surface area contributed by atoms with Gasteiger partial charge in [-0.1, -0.05) is 56.3 Å². The van der Waals surface area contributed by atoms with Gasteiger partial charge < -0.3 is 9.47 Å². The van der Waals surface area contributed by atoms with Crippen molar-refractivity contribution in [1.82, 2.24) is 0 Å². The van der Waals surface area contributed by atoms with Crippen LogP contribution in [0.3, 0.4) is 0 Å². The smallest absolute Gasteiger partial charge is 0.118 e. The summed E-state index contributed by atoms with van der Waals surface area (Å²) in [5.74, 6) is 1.88. The van der Waals surface area contributed by atoms with Crippen molar-refractivity contribution in [2.24, 2.45) is 11.8 Å². The normalized spacial score (nSPS) is 28.5. The quantitative estimate of drug-likeness (QED) is 0.806. The highest BCUT2D eigenvalue weighted by Gasteiger charge is 2.40. The molecule has 0 radical (unpaired) electrons. The van der Waals surface area contributed by atoms with Gasteiger partial charge in [-0.05, 0) is 35.1 Å². The van der Waals surface area contributed by atoms with E-state index in [1.165, 1.54) is 11.1 Å². The number of ether oxygens (including phenoxy) is 2. The van der Waals surface area contributed by atoms with Gasteiger partial charge in [0.2, 0.25) is 0 Å². The lowest BCUT2D eigenvalue weighted by Gasteiger charge is -2.16. The first-order valence-electron chi connectivity index (χ1n) is 7.55. The van der Waals surface area contributed by atoms with Crippen molar-refractivity contribution in [3.05, 3.63) is 65.7 Å². The fourth-order valence-corrected chi connectivity index (χ4v) is 3.16. The minimum atomic E-state index is 0.149. The van der Waals surface area contributed by atoms with E-state index in [1.54, 1.807) is 7.11 Å². The third-order valence-electron chi connectivity index (χ3n) is 4.65. The number of benzene rings is 2. The summed E-state index contributed by atoms with van der Waals surface area (Å²) in [7, 11) is 1.69. The van der Waals surface area contributed by atoms with E-state index in [9.17, 15) is 0 Å². The van der Waals surface area contributed by atoms with Crippen LogP contribution in [-0.4, -0.2) is 7.11 Å². The SMILES string of the molecule is COc1ccc([C@H]2O[C@@H](c3ccccc3)[C@@H](C)[C@@H]2C)cc1. The minimum absolute atomic E-state index is 0.149. The summed E-state index contributed by atoms with van der Waals surface area (Å²) in [6.45, 7) is 4.56. The van der Waals surface area contributed by atoms with Crippen LogP contribution in [0.1, 0.15) is 37.2 Å². The Morgan fingerprint density at radius 1 is 0.762 bits per heavy atom. The molecular weight excluding hydrogens is 260 g/mol. The van der Waals surface area contributed by atoms with Gasteiger partial charge in [-0.3, -0.25) is 0 Å². The lowest BCUT2D eigenvalue weighted by atomic mass is 9.85. The average molecular weight is 282 g/mol. The Morgan fingerprint density at radius 2 is 1.29 bits per heavy atom. The van der Waals surface area contributed by atoms with Crippen LogP contribution in [0.25, 0.3) is 0 Å². The summed E-state index contributed by atoms with van der Waals surface area (Å²) in [5, 5.41) is 0. The summed E-state index contributed by atoms with van der Waals surface area (Å²) in [4.78, 5) is 0. The maximum absolute atomic E-state index is 6.39. The van der Waals surface area contributed by atoms with Crippen molar-refractivity contribution in [2.75, 3.05) is 7.11 Å². The number of hydrogen-bond acceptors (Lipinski definition) is 2. The molecule has 2 nitrogen and oxygen atoms in total. The van der Waals surface area contributed by atoms with Crippen LogP contribution < -0.4 is 4.74 Å². The Kier molecular flexibility index (Phi) is 3.98. The summed E-state index contributed by atoms with van der Waals surface area (Å²) in [6.07, 6.45) is 0.324. The Labute approximate surface area is 126 Å². The maximum Gasteiger partial charge on any atom is 0.118 e. The molecule has 0 N–H and O–H groups in total. The molecule has 21 heavy (non-hydrogen) atoms. The fourth-order valence-electron chi connectivity index (χ4n) is 3.16. The molecule has 1 heterocycles. The van der Waals surface area contributed by atoms with E-state index in [-0.39, 0.29) is 12.2 Å². The van der Waals surface area contributed by atoms with E-state index in [1.807, 2.05) is 18.2 Å². The topological polar surface area (TPSA) is 18.5 Å². The molecule has 4 atom stereocenters. The van der Waals surface area contributed by atoms with Gasteiger partial charge in [0.25, 0.3) is 0 Å². The third-order valence-corrected chi connectivity index (χ3v) is 4.65. The first kappa shape index (κ1) is 14.2. The van der Waals surface area contributed by atoms with Crippen molar-refractivity contribution in [3.63, 3.8) is 0 Å². The molecule has 0 amide bonds. The molecular formula is C19H22O2. The van der Waals surface area contributed by atoms with Crippen molar-refractivity contribution in [3.8, 4) is 5.75 Å². The monoisotopic (exact) mass is 282 g/mol. The van der Waals surface area contributed by atoms with Crippen LogP contribution in [-0.2, 0) is 4.74 Å². The molecule has 110 valence electrons. The van der Waals surface area contributed by atoms with Gasteiger partial charge in [0.1, 0.15) is 5.75 Å². The van der Waals surface area contributed by atoms with Crippen LogP contribution in [0.2, 0.25) is 0 Å². The van der Waals surface area contributed by atoms with Crippen LogP contribution >= 0.6 is 0 Å². The van der Waals surface area contributed by atoms with Gasteiger partial charge in [0.05, 0.1) is 19.3 Å². The van der Waals surface area contributed by atoms with E-state index < -0.39 is 0 Å². The summed E-state index contributed by atoms with van der Waals surface area (Å²) in [6, 6.07) is 18.8. The first-order chi connectivity index (χ1) is 10.2. The van der Waals surface area contributed by atoms with Gasteiger partial charge in [-0.2, -0.15) is 0 Å². The van der Waals surface area contributed by atoms with E-state index in [4.69, 9.17) is 9.47 Å². The van der Waals surface area contributed by atoms with E-state index in [0.717, 1.165) is 5.75 Å². The van der Waals surface area contributed by atoms with Crippen LogP contribution in [0.5, 0.6) is 5.75 Å². The Bertz CT molecular complexity index is 576. The van der Waals surface area contributed by atoms with E-state index in [2.05, 4.69) is 50.2 Å². The van der Waals surface area contributed by atoms with Crippen molar-refractivity contribution in [2.45, 2.75) is 26.1 Å². The molecule has 0 spiro atoms. The largest absolute Gasteiger partial charge is 0.497 e. The maximum atomic E-state index is 6.39. The average Bonchev–Trinajstić information content (AvgIpc) is 2.84. The molecule has 1 saturated heterocycles. The molecule has 1 fully saturated rings. The second-order valence-corrected chi connectivity index (χ2v) is 5.88. The zero-order valence-corrected chi connectivity index (χ0v) is 12.8. The van der Waals surface area contributed by atoms with Crippen molar-refractivity contribution >= 4 is 0 Å². The summed E-state index contributed by atoms with van der Waals surface area (Å²) < 4.78 is 11.6. The predicted octanol–water partition coefficient (Wildman–Crippen LogP) is 4.78. The second-order valence-electron chi connectivity index (χ2n) is 5.88. The fraction of sp³-hybridized carbons (Fsp3) is 0.368. The first-order valence-corrected chi connectivity index (χ1v) is 7.55. The molecule has 3 rings (SSSR count). The predicted molar refractivity (Wildman–Crippen MR) is 84.3 cm³/mol. The van der Waals surface area contributed by atoms with Crippen molar-refractivity contribution < 1.29 is 9.47 Å². The molecule has 0 saturated carbocycles. The lowest BCUT2D eigenvalue weighted by molar-refractivity contribution is 0.0290. The molecule has 0 unspecified atom stereocenters. The van der Waals surface area contributed by atoms with Crippen LogP contribution in [0, 0.1) is 11.8 Å². The number of methoxy groups -OCH3 is 1. The zero-order chi connectivity index (χ0) is 14.8. The molecule has 1 aliphatic heterocycles. The highest BCUT2D eigenvalue weighted by molar-refractivity contribution is 5.30. The zero-order valence-electron chi connectivity index (χ0n) is 12.8. The number of rotatable bonds is 3. The molecule has 2 aromatic carbocycles. The molecule has 1 aliphatic rings. The van der Waals surface area contributed by atoms with E-state index in [0.29, 0.717) is 11.8 Å². The van der Waals surface area contributed by atoms with Crippen LogP contribution in [0.15, 0.2) is 54.6 Å². The standard InChI is InChI=1S/C19H22O2/c1-13-14(2)19(16-9-11-17(20-3)12-10-16)21-18(13)15-7-5-4-6-8-15/h4-14,18-19H,1-3H3/t13-,14-,18+,19-/m0/s1. The minimum Gasteiger partial charge on any atom is -0.497 e. The Morgan fingerprint density at radius 3 is 1.81 bits per heavy atom. The van der Waals surface area contributed by atoms with Gasteiger partial charge in [-0.15, -0.1) is 0 Å². The van der Waals surface area contributed by atoms with Gasteiger partial charge in [-0.25, -0.2) is 0 Å².